The maximum atomic E-state index is 11.7. The highest BCUT2D eigenvalue weighted by Crippen LogP contribution is 2.12. The molecular weight excluding hydrogens is 240 g/mol. The Kier molecular flexibility index (Phi) is 4.22. The van der Waals surface area contributed by atoms with Gasteiger partial charge in [-0.3, -0.25) is 4.79 Å². The van der Waals surface area contributed by atoms with E-state index < -0.39 is 5.97 Å². The van der Waals surface area contributed by atoms with E-state index in [2.05, 4.69) is 10.3 Å². The monoisotopic (exact) mass is 256 g/mol. The number of rotatable bonds is 3. The number of hydrogen-bond donors (Lipinski definition) is 1. The van der Waals surface area contributed by atoms with Gasteiger partial charge in [0.1, 0.15) is 5.69 Å². The molecule has 0 aliphatic carbocycles. The van der Waals surface area contributed by atoms with Crippen molar-refractivity contribution in [2.24, 2.45) is 0 Å². The van der Waals surface area contributed by atoms with Crippen LogP contribution in [0.2, 0.25) is 0 Å². The van der Waals surface area contributed by atoms with E-state index in [9.17, 15) is 9.59 Å². The molecule has 0 fully saturated rings. The van der Waals surface area contributed by atoms with Gasteiger partial charge < -0.3 is 10.1 Å². The molecule has 0 aromatic carbocycles. The number of carbonyl (C=O) groups excluding carboxylic acids is 2. The van der Waals surface area contributed by atoms with E-state index in [0.29, 0.717) is 6.61 Å². The molecule has 0 radical (unpaired) electrons. The number of nitrogens with zero attached hydrogens (tertiary/aromatic N) is 1. The molecule has 1 rings (SSSR count). The van der Waals surface area contributed by atoms with Crippen LogP contribution < -0.4 is 5.32 Å². The molecule has 0 spiro atoms. The van der Waals surface area contributed by atoms with E-state index in [4.69, 9.17) is 4.74 Å². The molecule has 0 aliphatic rings. The molecule has 1 aromatic heterocycles. The molecule has 1 heterocycles. The molecule has 0 saturated heterocycles. The summed E-state index contributed by atoms with van der Waals surface area (Å²) in [7, 11) is 0. The molecule has 0 atom stereocenters. The van der Waals surface area contributed by atoms with Crippen LogP contribution in [0.25, 0.3) is 0 Å². The lowest BCUT2D eigenvalue weighted by Gasteiger charge is -2.19. The highest BCUT2D eigenvalue weighted by atomic mass is 32.1. The summed E-state index contributed by atoms with van der Waals surface area (Å²) in [4.78, 5) is 27.0. The summed E-state index contributed by atoms with van der Waals surface area (Å²) in [5.74, 6) is -0.781. The smallest absolute Gasteiger partial charge is 0.367 e. The van der Waals surface area contributed by atoms with Crippen molar-refractivity contribution in [3.05, 3.63) is 16.1 Å². The Morgan fingerprint density at radius 2 is 2.12 bits per heavy atom. The van der Waals surface area contributed by atoms with E-state index >= 15 is 0 Å². The second kappa shape index (κ2) is 5.27. The third kappa shape index (κ3) is 4.14. The van der Waals surface area contributed by atoms with Crippen molar-refractivity contribution in [3.63, 3.8) is 0 Å². The van der Waals surface area contributed by atoms with Gasteiger partial charge in [-0.25, -0.2) is 9.78 Å². The Morgan fingerprint density at radius 3 is 2.65 bits per heavy atom. The highest BCUT2D eigenvalue weighted by Gasteiger charge is 2.19. The van der Waals surface area contributed by atoms with Gasteiger partial charge in [0, 0.05) is 10.9 Å². The van der Waals surface area contributed by atoms with Crippen LogP contribution in [0.15, 0.2) is 5.38 Å². The fourth-order valence-corrected chi connectivity index (χ4v) is 1.76. The summed E-state index contributed by atoms with van der Waals surface area (Å²) in [6.07, 6.45) is 0. The Bertz CT molecular complexity index is 421. The van der Waals surface area contributed by atoms with Gasteiger partial charge in [0.05, 0.1) is 6.61 Å². The Hall–Kier alpha value is -1.43. The SMILES string of the molecule is CCOC(=O)c1nc(C(=O)NC(C)(C)C)cs1. The zero-order chi connectivity index (χ0) is 13.1. The van der Waals surface area contributed by atoms with Gasteiger partial charge in [0.15, 0.2) is 0 Å². The van der Waals surface area contributed by atoms with Crippen LogP contribution in [-0.2, 0) is 4.74 Å². The number of carbonyl (C=O) groups is 2. The predicted octanol–water partition coefficient (Wildman–Crippen LogP) is 1.85. The lowest BCUT2D eigenvalue weighted by Crippen LogP contribution is -2.40. The first kappa shape index (κ1) is 13.6. The number of nitrogens with one attached hydrogen (secondary N) is 1. The molecule has 6 heteroatoms. The number of ether oxygens (including phenoxy) is 1. The first-order valence-electron chi connectivity index (χ1n) is 5.28. The third-order valence-electron chi connectivity index (χ3n) is 1.68. The van der Waals surface area contributed by atoms with Gasteiger partial charge in [-0.05, 0) is 27.7 Å². The lowest BCUT2D eigenvalue weighted by molar-refractivity contribution is 0.0526. The minimum absolute atomic E-state index is 0.200. The second-order valence-corrected chi connectivity index (χ2v) is 5.32. The number of thiazole rings is 1. The number of aromatic nitrogens is 1. The summed E-state index contributed by atoms with van der Waals surface area (Å²) in [6.45, 7) is 7.65. The Morgan fingerprint density at radius 1 is 1.47 bits per heavy atom. The molecule has 0 saturated carbocycles. The lowest BCUT2D eigenvalue weighted by atomic mass is 10.1. The molecule has 1 amide bonds. The van der Waals surface area contributed by atoms with E-state index in [1.165, 1.54) is 0 Å². The quantitative estimate of drug-likeness (QED) is 0.838. The Balaban J connectivity index is 2.74. The summed E-state index contributed by atoms with van der Waals surface area (Å²) < 4.78 is 4.80. The average molecular weight is 256 g/mol. The molecule has 0 bridgehead atoms. The zero-order valence-corrected chi connectivity index (χ0v) is 11.2. The van der Waals surface area contributed by atoms with Crippen molar-refractivity contribution in [1.82, 2.24) is 10.3 Å². The van der Waals surface area contributed by atoms with Gasteiger partial charge in [-0.2, -0.15) is 0 Å². The van der Waals surface area contributed by atoms with Crippen LogP contribution in [0.4, 0.5) is 0 Å². The van der Waals surface area contributed by atoms with E-state index in [1.54, 1.807) is 12.3 Å². The first-order chi connectivity index (χ1) is 7.83. The van der Waals surface area contributed by atoms with Gasteiger partial charge >= 0.3 is 5.97 Å². The molecule has 94 valence electrons. The molecular formula is C11H16N2O3S. The zero-order valence-electron chi connectivity index (χ0n) is 10.4. The van der Waals surface area contributed by atoms with Crippen LogP contribution in [0.3, 0.4) is 0 Å². The predicted molar refractivity (Wildman–Crippen MR) is 65.3 cm³/mol. The van der Waals surface area contributed by atoms with Crippen LogP contribution in [0.5, 0.6) is 0 Å². The van der Waals surface area contributed by atoms with E-state index in [0.717, 1.165) is 11.3 Å². The van der Waals surface area contributed by atoms with Crippen LogP contribution in [-0.4, -0.2) is 29.0 Å². The van der Waals surface area contributed by atoms with Gasteiger partial charge in [-0.1, -0.05) is 0 Å². The topological polar surface area (TPSA) is 68.3 Å². The molecule has 17 heavy (non-hydrogen) atoms. The summed E-state index contributed by atoms with van der Waals surface area (Å²) in [6, 6.07) is 0. The maximum Gasteiger partial charge on any atom is 0.367 e. The van der Waals surface area contributed by atoms with E-state index in [-0.39, 0.29) is 22.1 Å². The fraction of sp³-hybridized carbons (Fsp3) is 0.545. The van der Waals surface area contributed by atoms with E-state index in [1.807, 2.05) is 20.8 Å². The standard InChI is InChI=1S/C11H16N2O3S/c1-5-16-10(15)9-12-7(6-17-9)8(14)13-11(2,3)4/h6H,5H2,1-4H3,(H,13,14). The average Bonchev–Trinajstić information content (AvgIpc) is 2.63. The van der Waals surface area contributed by atoms with Crippen molar-refractivity contribution in [2.75, 3.05) is 6.61 Å². The minimum atomic E-state index is -0.493. The third-order valence-corrected chi connectivity index (χ3v) is 2.50. The maximum absolute atomic E-state index is 11.7. The van der Waals surface area contributed by atoms with Crippen LogP contribution in [0.1, 0.15) is 48.0 Å². The second-order valence-electron chi connectivity index (χ2n) is 4.46. The van der Waals surface area contributed by atoms with Gasteiger partial charge in [0.2, 0.25) is 5.01 Å². The van der Waals surface area contributed by atoms with Crippen molar-refractivity contribution < 1.29 is 14.3 Å². The fourth-order valence-electron chi connectivity index (χ4n) is 1.07. The number of amides is 1. The van der Waals surface area contributed by atoms with Crippen LogP contribution >= 0.6 is 11.3 Å². The van der Waals surface area contributed by atoms with Crippen molar-refractivity contribution in [3.8, 4) is 0 Å². The van der Waals surface area contributed by atoms with Crippen LogP contribution in [0, 0.1) is 0 Å². The summed E-state index contributed by atoms with van der Waals surface area (Å²) in [5.41, 5.74) is -0.0851. The highest BCUT2D eigenvalue weighted by molar-refractivity contribution is 7.11. The molecule has 5 nitrogen and oxygen atoms in total. The molecule has 0 aliphatic heterocycles. The molecule has 0 unspecified atom stereocenters. The summed E-state index contributed by atoms with van der Waals surface area (Å²) >= 11 is 1.11. The molecule has 1 aromatic rings. The van der Waals surface area contributed by atoms with Gasteiger partial charge in [-0.15, -0.1) is 11.3 Å². The number of esters is 1. The van der Waals surface area contributed by atoms with Gasteiger partial charge in [0.25, 0.3) is 5.91 Å². The summed E-state index contributed by atoms with van der Waals surface area (Å²) in [5, 5.41) is 4.52. The molecule has 1 N–H and O–H groups in total. The van der Waals surface area contributed by atoms with Crippen molar-refractivity contribution in [1.29, 1.82) is 0 Å². The van der Waals surface area contributed by atoms with Crippen molar-refractivity contribution >= 4 is 23.2 Å². The largest absolute Gasteiger partial charge is 0.461 e. The normalized spacial score (nSPS) is 11.1. The minimum Gasteiger partial charge on any atom is -0.461 e. The Labute approximate surface area is 104 Å². The number of hydrogen-bond acceptors (Lipinski definition) is 5. The van der Waals surface area contributed by atoms with Crippen molar-refractivity contribution in [2.45, 2.75) is 33.2 Å². The first-order valence-corrected chi connectivity index (χ1v) is 6.16.